The molecule has 7 heteroatoms. The summed E-state index contributed by atoms with van der Waals surface area (Å²) >= 11 is 0. The number of nitrogens with one attached hydrogen (secondary N) is 1. The maximum Gasteiger partial charge on any atom is 0.223 e. The summed E-state index contributed by atoms with van der Waals surface area (Å²) in [5.74, 6) is 1.07. The van der Waals surface area contributed by atoms with Crippen LogP contribution in [0.2, 0.25) is 0 Å². The van der Waals surface area contributed by atoms with Crippen LogP contribution in [0, 0.1) is 5.92 Å². The Morgan fingerprint density at radius 3 is 2.84 bits per heavy atom. The molecule has 0 spiro atoms. The molecule has 1 saturated heterocycles. The predicted molar refractivity (Wildman–Crippen MR) is 94.0 cm³/mol. The van der Waals surface area contributed by atoms with Gasteiger partial charge < -0.3 is 14.6 Å². The zero-order chi connectivity index (χ0) is 17.1. The summed E-state index contributed by atoms with van der Waals surface area (Å²) in [4.78, 5) is 27.3. The molecule has 1 amide bonds. The fourth-order valence-electron chi connectivity index (χ4n) is 3.22. The first-order valence-electron chi connectivity index (χ1n) is 8.50. The number of anilines is 1. The van der Waals surface area contributed by atoms with Crippen molar-refractivity contribution in [2.75, 3.05) is 18.0 Å². The minimum absolute atomic E-state index is 0.0584. The number of amides is 1. The van der Waals surface area contributed by atoms with Crippen molar-refractivity contribution in [2.45, 2.75) is 19.4 Å². The Balaban J connectivity index is 1.30. The summed E-state index contributed by atoms with van der Waals surface area (Å²) in [6.07, 6.45) is 12.4. The van der Waals surface area contributed by atoms with E-state index in [-0.39, 0.29) is 11.8 Å². The molecule has 3 aromatic rings. The van der Waals surface area contributed by atoms with Gasteiger partial charge in [0, 0.05) is 56.5 Å². The van der Waals surface area contributed by atoms with Gasteiger partial charge in [-0.2, -0.15) is 0 Å². The average molecular weight is 336 g/mol. The van der Waals surface area contributed by atoms with Crippen LogP contribution >= 0.6 is 0 Å². The van der Waals surface area contributed by atoms with Crippen LogP contribution < -0.4 is 10.2 Å². The van der Waals surface area contributed by atoms with Gasteiger partial charge in [-0.05, 0) is 30.5 Å². The Bertz CT molecular complexity index is 854. The molecule has 128 valence electrons. The SMILES string of the molecule is O=C(NCc1ccn2ccnc2c1)C1CCN(c2cnccn2)CC1. The van der Waals surface area contributed by atoms with E-state index in [0.29, 0.717) is 6.54 Å². The van der Waals surface area contributed by atoms with E-state index in [4.69, 9.17) is 0 Å². The molecule has 3 aromatic heterocycles. The van der Waals surface area contributed by atoms with Gasteiger partial charge in [-0.1, -0.05) is 0 Å². The Kier molecular flexibility index (Phi) is 4.28. The third kappa shape index (κ3) is 3.45. The van der Waals surface area contributed by atoms with Crippen LogP contribution in [0.15, 0.2) is 49.3 Å². The molecule has 0 unspecified atom stereocenters. The standard InChI is InChI=1S/C18H20N6O/c25-18(22-12-14-1-7-24-10-6-21-16(24)11-14)15-2-8-23(9-3-15)17-13-19-4-5-20-17/h1,4-7,10-11,13,15H,2-3,8-9,12H2,(H,22,25). The first kappa shape index (κ1) is 15.6. The van der Waals surface area contributed by atoms with E-state index in [2.05, 4.69) is 25.2 Å². The minimum atomic E-state index is 0.0584. The van der Waals surface area contributed by atoms with Crippen molar-refractivity contribution in [1.29, 1.82) is 0 Å². The highest BCUT2D eigenvalue weighted by Gasteiger charge is 2.25. The number of carbonyl (C=O) groups excluding carboxylic acids is 1. The number of hydrogen-bond acceptors (Lipinski definition) is 5. The van der Waals surface area contributed by atoms with E-state index >= 15 is 0 Å². The molecule has 0 radical (unpaired) electrons. The lowest BCUT2D eigenvalue weighted by Gasteiger charge is -2.31. The number of aromatic nitrogens is 4. The monoisotopic (exact) mass is 336 g/mol. The lowest BCUT2D eigenvalue weighted by Crippen LogP contribution is -2.40. The second kappa shape index (κ2) is 6.88. The summed E-state index contributed by atoms with van der Waals surface area (Å²) in [5.41, 5.74) is 1.95. The Labute approximate surface area is 145 Å². The summed E-state index contributed by atoms with van der Waals surface area (Å²) < 4.78 is 1.95. The zero-order valence-electron chi connectivity index (χ0n) is 13.9. The first-order chi connectivity index (χ1) is 12.3. The van der Waals surface area contributed by atoms with Crippen molar-refractivity contribution in [1.82, 2.24) is 24.7 Å². The summed E-state index contributed by atoms with van der Waals surface area (Å²) in [7, 11) is 0. The zero-order valence-corrected chi connectivity index (χ0v) is 13.9. The molecule has 7 nitrogen and oxygen atoms in total. The molecule has 1 fully saturated rings. The number of rotatable bonds is 4. The van der Waals surface area contributed by atoms with Crippen LogP contribution in [0.5, 0.6) is 0 Å². The fourth-order valence-corrected chi connectivity index (χ4v) is 3.22. The fraction of sp³-hybridized carbons (Fsp3) is 0.333. The van der Waals surface area contributed by atoms with Gasteiger partial charge in [-0.3, -0.25) is 9.78 Å². The maximum atomic E-state index is 12.4. The second-order valence-corrected chi connectivity index (χ2v) is 6.27. The lowest BCUT2D eigenvalue weighted by atomic mass is 9.96. The van der Waals surface area contributed by atoms with Crippen LogP contribution in [-0.2, 0) is 11.3 Å². The van der Waals surface area contributed by atoms with Gasteiger partial charge in [0.05, 0.1) is 6.20 Å². The highest BCUT2D eigenvalue weighted by molar-refractivity contribution is 5.79. The predicted octanol–water partition coefficient (Wildman–Crippen LogP) is 1.66. The number of carbonyl (C=O) groups is 1. The van der Waals surface area contributed by atoms with E-state index in [0.717, 1.165) is 43.0 Å². The number of nitrogens with zero attached hydrogens (tertiary/aromatic N) is 5. The van der Waals surface area contributed by atoms with Crippen molar-refractivity contribution in [2.24, 2.45) is 5.92 Å². The number of fused-ring (bicyclic) bond motifs is 1. The normalized spacial score (nSPS) is 15.4. The second-order valence-electron chi connectivity index (χ2n) is 6.27. The van der Waals surface area contributed by atoms with Gasteiger partial charge >= 0.3 is 0 Å². The molecule has 4 heterocycles. The molecular weight excluding hydrogens is 316 g/mol. The lowest BCUT2D eigenvalue weighted by molar-refractivity contribution is -0.125. The van der Waals surface area contributed by atoms with Crippen molar-refractivity contribution in [3.05, 3.63) is 54.9 Å². The van der Waals surface area contributed by atoms with Crippen molar-refractivity contribution in [3.63, 3.8) is 0 Å². The smallest absolute Gasteiger partial charge is 0.223 e. The van der Waals surface area contributed by atoms with Crippen LogP contribution in [0.3, 0.4) is 0 Å². The molecule has 0 aromatic carbocycles. The molecule has 4 rings (SSSR count). The number of hydrogen-bond donors (Lipinski definition) is 1. The van der Waals surface area contributed by atoms with Crippen LogP contribution in [0.25, 0.3) is 5.65 Å². The van der Waals surface area contributed by atoms with Crippen molar-refractivity contribution < 1.29 is 4.79 Å². The highest BCUT2D eigenvalue weighted by atomic mass is 16.1. The number of imidazole rings is 1. The van der Waals surface area contributed by atoms with E-state index in [9.17, 15) is 4.79 Å². The molecule has 0 atom stereocenters. The van der Waals surface area contributed by atoms with Gasteiger partial charge in [0.2, 0.25) is 5.91 Å². The largest absolute Gasteiger partial charge is 0.355 e. The summed E-state index contributed by atoms with van der Waals surface area (Å²) in [6.45, 7) is 2.19. The van der Waals surface area contributed by atoms with E-state index in [1.54, 1.807) is 24.8 Å². The van der Waals surface area contributed by atoms with Gasteiger partial charge in [-0.15, -0.1) is 0 Å². The molecule has 1 N–H and O–H groups in total. The molecule has 1 aliphatic rings. The Morgan fingerprint density at radius 2 is 2.04 bits per heavy atom. The van der Waals surface area contributed by atoms with Gasteiger partial charge in [0.15, 0.2) is 0 Å². The third-order valence-corrected chi connectivity index (χ3v) is 4.67. The summed E-state index contributed by atoms with van der Waals surface area (Å²) in [6, 6.07) is 4.00. The molecule has 0 saturated carbocycles. The molecule has 25 heavy (non-hydrogen) atoms. The van der Waals surface area contributed by atoms with Crippen molar-refractivity contribution in [3.8, 4) is 0 Å². The van der Waals surface area contributed by atoms with Crippen LogP contribution in [0.4, 0.5) is 5.82 Å². The van der Waals surface area contributed by atoms with Crippen molar-refractivity contribution >= 4 is 17.4 Å². The minimum Gasteiger partial charge on any atom is -0.355 e. The Hall–Kier alpha value is -2.96. The number of pyridine rings is 1. The maximum absolute atomic E-state index is 12.4. The van der Waals surface area contributed by atoms with E-state index < -0.39 is 0 Å². The molecular formula is C18H20N6O. The topological polar surface area (TPSA) is 75.4 Å². The number of piperidine rings is 1. The average Bonchev–Trinajstić information content (AvgIpc) is 3.15. The Morgan fingerprint density at radius 1 is 1.16 bits per heavy atom. The molecule has 0 aliphatic carbocycles. The van der Waals surface area contributed by atoms with Crippen LogP contribution in [-0.4, -0.2) is 38.3 Å². The third-order valence-electron chi connectivity index (χ3n) is 4.67. The van der Waals surface area contributed by atoms with Crippen LogP contribution in [0.1, 0.15) is 18.4 Å². The summed E-state index contributed by atoms with van der Waals surface area (Å²) in [5, 5.41) is 3.06. The van der Waals surface area contributed by atoms with Gasteiger partial charge in [-0.25, -0.2) is 9.97 Å². The van der Waals surface area contributed by atoms with E-state index in [1.165, 1.54) is 0 Å². The molecule has 1 aliphatic heterocycles. The highest BCUT2D eigenvalue weighted by Crippen LogP contribution is 2.21. The quantitative estimate of drug-likeness (QED) is 0.784. The molecule has 0 bridgehead atoms. The van der Waals surface area contributed by atoms with E-state index in [1.807, 2.05) is 28.9 Å². The first-order valence-corrected chi connectivity index (χ1v) is 8.50. The van der Waals surface area contributed by atoms with Gasteiger partial charge in [0.1, 0.15) is 11.5 Å². The van der Waals surface area contributed by atoms with Gasteiger partial charge in [0.25, 0.3) is 0 Å².